The van der Waals surface area contributed by atoms with E-state index in [-0.39, 0.29) is 17.7 Å². The lowest BCUT2D eigenvalue weighted by Crippen LogP contribution is -2.29. The maximum absolute atomic E-state index is 14.4. The van der Waals surface area contributed by atoms with Crippen molar-refractivity contribution in [1.82, 2.24) is 9.88 Å². The number of sulfonamides is 1. The summed E-state index contributed by atoms with van der Waals surface area (Å²) in [6, 6.07) is 12.9. The van der Waals surface area contributed by atoms with E-state index in [1.165, 1.54) is 25.0 Å². The van der Waals surface area contributed by atoms with E-state index in [4.69, 9.17) is 9.26 Å². The number of carbonyl (C=O) groups is 1. The van der Waals surface area contributed by atoms with Crippen molar-refractivity contribution in [2.45, 2.75) is 25.9 Å². The molecule has 0 saturated heterocycles. The van der Waals surface area contributed by atoms with Crippen molar-refractivity contribution in [3.05, 3.63) is 71.2 Å². The van der Waals surface area contributed by atoms with Gasteiger partial charge in [0.15, 0.2) is 0 Å². The molecule has 31 heavy (non-hydrogen) atoms. The Balaban J connectivity index is 1.41. The molecule has 2 aromatic carbocycles. The first-order chi connectivity index (χ1) is 14.8. The van der Waals surface area contributed by atoms with E-state index in [2.05, 4.69) is 5.16 Å². The normalized spacial score (nSPS) is 13.7. The second kappa shape index (κ2) is 8.50. The smallest absolute Gasteiger partial charge is 0.264 e. The zero-order valence-corrected chi connectivity index (χ0v) is 17.6. The largest absolute Gasteiger partial charge is 0.489 e. The van der Waals surface area contributed by atoms with Gasteiger partial charge < -0.3 is 9.26 Å². The molecule has 1 aliphatic rings. The van der Waals surface area contributed by atoms with Gasteiger partial charge in [0.1, 0.15) is 29.6 Å². The van der Waals surface area contributed by atoms with Gasteiger partial charge >= 0.3 is 0 Å². The van der Waals surface area contributed by atoms with Crippen LogP contribution in [0.3, 0.4) is 0 Å². The minimum atomic E-state index is -3.73. The van der Waals surface area contributed by atoms with E-state index in [1.807, 2.05) is 18.2 Å². The average Bonchev–Trinajstić information content (AvgIpc) is 3.40. The topological polar surface area (TPSA) is 98.5 Å². The molecule has 3 aromatic rings. The summed E-state index contributed by atoms with van der Waals surface area (Å²) in [6.07, 6.45) is 4.23. The van der Waals surface area contributed by atoms with Crippen LogP contribution in [0.5, 0.6) is 5.75 Å². The fourth-order valence-electron chi connectivity index (χ4n) is 3.09. The van der Waals surface area contributed by atoms with Crippen LogP contribution in [0.2, 0.25) is 0 Å². The van der Waals surface area contributed by atoms with Crippen molar-refractivity contribution in [3.8, 4) is 17.0 Å². The Morgan fingerprint density at radius 2 is 2.03 bits per heavy atom. The first-order valence-corrected chi connectivity index (χ1v) is 11.7. The highest BCUT2D eigenvalue weighted by Crippen LogP contribution is 2.33. The molecule has 0 aliphatic heterocycles. The Kier molecular flexibility index (Phi) is 5.77. The second-order valence-corrected chi connectivity index (χ2v) is 9.40. The fourth-order valence-corrected chi connectivity index (χ4v) is 3.55. The van der Waals surface area contributed by atoms with Gasteiger partial charge in [0.25, 0.3) is 5.91 Å². The number of ether oxygens (including phenoxy) is 1. The van der Waals surface area contributed by atoms with E-state index in [1.54, 1.807) is 16.9 Å². The predicted molar refractivity (Wildman–Crippen MR) is 111 cm³/mol. The number of nitrogens with one attached hydrogen (secondary N) is 1. The quantitative estimate of drug-likeness (QED) is 0.569. The molecule has 1 saturated carbocycles. The molecule has 7 nitrogen and oxygen atoms in total. The number of halogens is 1. The monoisotopic (exact) mass is 444 g/mol. The number of hydrogen-bond acceptors (Lipinski definition) is 6. The molecule has 4 rings (SSSR count). The van der Waals surface area contributed by atoms with Crippen molar-refractivity contribution in [1.29, 1.82) is 0 Å². The molecule has 1 heterocycles. The van der Waals surface area contributed by atoms with Gasteiger partial charge in [0, 0.05) is 29.2 Å². The third-order valence-corrected chi connectivity index (χ3v) is 5.42. The highest BCUT2D eigenvalue weighted by Gasteiger charge is 2.23. The van der Waals surface area contributed by atoms with E-state index >= 15 is 0 Å². The van der Waals surface area contributed by atoms with Crippen LogP contribution in [0, 0.1) is 11.7 Å². The highest BCUT2D eigenvalue weighted by molar-refractivity contribution is 7.89. The first-order valence-electron chi connectivity index (χ1n) is 9.76. The average molecular weight is 444 g/mol. The first kappa shape index (κ1) is 21.0. The fraction of sp³-hybridized carbons (Fsp3) is 0.273. The van der Waals surface area contributed by atoms with E-state index in [9.17, 15) is 17.6 Å². The van der Waals surface area contributed by atoms with Crippen LogP contribution in [0.1, 0.15) is 34.5 Å². The Morgan fingerprint density at radius 3 is 2.74 bits per heavy atom. The summed E-state index contributed by atoms with van der Waals surface area (Å²) < 4.78 is 49.6. The number of nitrogens with zero attached hydrogens (tertiary/aromatic N) is 1. The number of amides is 1. The van der Waals surface area contributed by atoms with Crippen LogP contribution in [0.15, 0.2) is 53.1 Å². The Bertz CT molecular complexity index is 1220. The summed E-state index contributed by atoms with van der Waals surface area (Å²) in [5, 5.41) is 4.12. The summed E-state index contributed by atoms with van der Waals surface area (Å²) in [5.41, 5.74) is 1.68. The lowest BCUT2D eigenvalue weighted by atomic mass is 10.1. The lowest BCUT2D eigenvalue weighted by molar-refractivity contribution is 0.0981. The molecular weight excluding hydrogens is 423 g/mol. The van der Waals surface area contributed by atoms with Crippen LogP contribution in [0.4, 0.5) is 4.39 Å². The molecule has 0 bridgehead atoms. The van der Waals surface area contributed by atoms with Gasteiger partial charge in [-0.25, -0.2) is 17.5 Å². The second-order valence-electron chi connectivity index (χ2n) is 7.65. The van der Waals surface area contributed by atoms with Gasteiger partial charge in [-0.1, -0.05) is 23.4 Å². The SMILES string of the molecule is CS(=O)(=O)NC(=O)c1ccc(COc2cccc(-c3cc(CC4CC4)on3)c2)c(F)c1. The molecule has 0 radical (unpaired) electrons. The Hall–Kier alpha value is -3.20. The van der Waals surface area contributed by atoms with E-state index in [0.29, 0.717) is 17.4 Å². The summed E-state index contributed by atoms with van der Waals surface area (Å²) in [6.45, 7) is -0.0605. The Morgan fingerprint density at radius 1 is 1.23 bits per heavy atom. The minimum absolute atomic E-state index is 0.0605. The van der Waals surface area contributed by atoms with Gasteiger partial charge in [-0.05, 0) is 43.0 Å². The van der Waals surface area contributed by atoms with Crippen molar-refractivity contribution < 1.29 is 26.9 Å². The van der Waals surface area contributed by atoms with Crippen molar-refractivity contribution in [2.24, 2.45) is 5.92 Å². The zero-order chi connectivity index (χ0) is 22.0. The Labute approximate surface area is 179 Å². The van der Waals surface area contributed by atoms with Crippen molar-refractivity contribution >= 4 is 15.9 Å². The van der Waals surface area contributed by atoms with E-state index in [0.717, 1.165) is 30.1 Å². The molecule has 9 heteroatoms. The molecule has 0 unspecified atom stereocenters. The molecule has 162 valence electrons. The number of benzene rings is 2. The van der Waals surface area contributed by atoms with Gasteiger partial charge in [0.2, 0.25) is 10.0 Å². The molecule has 1 N–H and O–H groups in total. The van der Waals surface area contributed by atoms with Gasteiger partial charge in [-0.2, -0.15) is 0 Å². The molecule has 1 aliphatic carbocycles. The zero-order valence-electron chi connectivity index (χ0n) is 16.8. The van der Waals surface area contributed by atoms with Crippen LogP contribution in [0.25, 0.3) is 11.3 Å². The van der Waals surface area contributed by atoms with Crippen LogP contribution in [-0.2, 0) is 23.1 Å². The van der Waals surface area contributed by atoms with Crippen LogP contribution in [-0.4, -0.2) is 25.7 Å². The summed E-state index contributed by atoms with van der Waals surface area (Å²) in [7, 11) is -3.73. The molecule has 1 aromatic heterocycles. The minimum Gasteiger partial charge on any atom is -0.489 e. The van der Waals surface area contributed by atoms with Crippen LogP contribution >= 0.6 is 0 Å². The third kappa shape index (κ3) is 5.69. The number of carbonyl (C=O) groups excluding carboxylic acids is 1. The van der Waals surface area contributed by atoms with Crippen molar-refractivity contribution in [2.75, 3.05) is 6.26 Å². The number of aromatic nitrogens is 1. The summed E-state index contributed by atoms with van der Waals surface area (Å²) in [4.78, 5) is 11.8. The summed E-state index contributed by atoms with van der Waals surface area (Å²) in [5.74, 6) is 0.538. The van der Waals surface area contributed by atoms with Crippen LogP contribution < -0.4 is 9.46 Å². The molecular formula is C22H21FN2O5S. The number of rotatable bonds is 8. The maximum Gasteiger partial charge on any atom is 0.264 e. The van der Waals surface area contributed by atoms with Crippen molar-refractivity contribution in [3.63, 3.8) is 0 Å². The highest BCUT2D eigenvalue weighted by atomic mass is 32.2. The van der Waals surface area contributed by atoms with Gasteiger partial charge in [-0.3, -0.25) is 4.79 Å². The number of hydrogen-bond donors (Lipinski definition) is 1. The van der Waals surface area contributed by atoms with Gasteiger partial charge in [-0.15, -0.1) is 0 Å². The third-order valence-electron chi connectivity index (χ3n) is 4.86. The summed E-state index contributed by atoms with van der Waals surface area (Å²) >= 11 is 0. The molecule has 0 spiro atoms. The molecule has 1 amide bonds. The molecule has 0 atom stereocenters. The molecule has 1 fully saturated rings. The van der Waals surface area contributed by atoms with Gasteiger partial charge in [0.05, 0.1) is 6.26 Å². The maximum atomic E-state index is 14.4. The van der Waals surface area contributed by atoms with E-state index < -0.39 is 21.7 Å². The predicted octanol–water partition coefficient (Wildman–Crippen LogP) is 3.70. The standard InChI is InChI=1S/C22H21FN2O5S/c1-31(27,28)25-22(26)16-7-8-17(20(23)11-16)13-29-18-4-2-3-15(10-18)21-12-19(30-24-21)9-14-5-6-14/h2-4,7-8,10-12,14H,5-6,9,13H2,1H3,(H,25,26). The lowest BCUT2D eigenvalue weighted by Gasteiger charge is -2.09.